The minimum absolute atomic E-state index is 0.0830. The van der Waals surface area contributed by atoms with E-state index in [9.17, 15) is 4.79 Å². The molecule has 0 unspecified atom stereocenters. The minimum atomic E-state index is -0.0830. The first-order valence-corrected chi connectivity index (χ1v) is 9.53. The normalized spacial score (nSPS) is 16.9. The number of hydrogen-bond acceptors (Lipinski definition) is 6. The highest BCUT2D eigenvalue weighted by Gasteiger charge is 2.24. The molecule has 1 saturated heterocycles. The van der Waals surface area contributed by atoms with Gasteiger partial charge in [0.05, 0.1) is 11.3 Å². The van der Waals surface area contributed by atoms with Crippen molar-refractivity contribution in [3.05, 3.63) is 40.9 Å². The third-order valence-electron chi connectivity index (χ3n) is 5.30. The van der Waals surface area contributed by atoms with Crippen molar-refractivity contribution in [2.75, 3.05) is 38.6 Å². The molecule has 1 aliphatic heterocycles. The molecule has 0 aliphatic carbocycles. The molecule has 2 aromatic heterocycles. The molecule has 0 bridgehead atoms. The Balaban J connectivity index is 1.46. The molecule has 3 heterocycles. The Labute approximate surface area is 160 Å². The third kappa shape index (κ3) is 4.66. The van der Waals surface area contributed by atoms with Gasteiger partial charge in [0.25, 0.3) is 5.91 Å². The van der Waals surface area contributed by atoms with Crippen molar-refractivity contribution in [3.8, 4) is 0 Å². The van der Waals surface area contributed by atoms with E-state index in [-0.39, 0.29) is 5.91 Å². The van der Waals surface area contributed by atoms with Crippen LogP contribution in [-0.2, 0) is 6.42 Å². The Morgan fingerprint density at radius 2 is 2.19 bits per heavy atom. The summed E-state index contributed by atoms with van der Waals surface area (Å²) in [5, 5.41) is 6.92. The summed E-state index contributed by atoms with van der Waals surface area (Å²) in [6.45, 7) is 6.46. The summed E-state index contributed by atoms with van der Waals surface area (Å²) in [7, 11) is 4.22. The van der Waals surface area contributed by atoms with Crippen LogP contribution >= 0.6 is 0 Å². The minimum Gasteiger partial charge on any atom is -0.361 e. The number of amides is 1. The van der Waals surface area contributed by atoms with Crippen LogP contribution in [0.4, 0.5) is 5.82 Å². The summed E-state index contributed by atoms with van der Waals surface area (Å²) in [4.78, 5) is 21.3. The predicted molar refractivity (Wildman–Crippen MR) is 105 cm³/mol. The average Bonchev–Trinajstić information content (AvgIpc) is 3.27. The van der Waals surface area contributed by atoms with Crippen molar-refractivity contribution in [3.63, 3.8) is 0 Å². The zero-order valence-corrected chi connectivity index (χ0v) is 16.7. The Bertz CT molecular complexity index is 750. The summed E-state index contributed by atoms with van der Waals surface area (Å²) in [6.07, 6.45) is 4.50. The van der Waals surface area contributed by atoms with E-state index in [0.717, 1.165) is 55.2 Å². The monoisotopic (exact) mass is 371 g/mol. The van der Waals surface area contributed by atoms with E-state index in [1.165, 1.54) is 0 Å². The summed E-state index contributed by atoms with van der Waals surface area (Å²) in [5.41, 5.74) is 2.66. The Kier molecular flexibility index (Phi) is 6.11. The van der Waals surface area contributed by atoms with Gasteiger partial charge in [-0.1, -0.05) is 5.16 Å². The van der Waals surface area contributed by atoms with Gasteiger partial charge >= 0.3 is 0 Å². The summed E-state index contributed by atoms with van der Waals surface area (Å²) in [5.74, 6) is 1.71. The molecule has 3 rings (SSSR count). The molecule has 1 amide bonds. The maximum atomic E-state index is 12.3. The van der Waals surface area contributed by atoms with Crippen molar-refractivity contribution < 1.29 is 9.32 Å². The van der Waals surface area contributed by atoms with Crippen molar-refractivity contribution in [1.82, 2.24) is 20.4 Å². The molecule has 0 saturated carbocycles. The van der Waals surface area contributed by atoms with Crippen LogP contribution in [0.2, 0.25) is 0 Å². The molecule has 0 radical (unpaired) electrons. The molecule has 2 aromatic rings. The fourth-order valence-corrected chi connectivity index (χ4v) is 3.51. The number of anilines is 1. The van der Waals surface area contributed by atoms with Gasteiger partial charge in [0.2, 0.25) is 0 Å². The van der Waals surface area contributed by atoms with Crippen molar-refractivity contribution >= 4 is 11.7 Å². The van der Waals surface area contributed by atoms with E-state index in [1.807, 2.05) is 26.0 Å². The summed E-state index contributed by atoms with van der Waals surface area (Å²) in [6, 6.07) is 4.36. The number of aryl methyl sites for hydroxylation is 2. The summed E-state index contributed by atoms with van der Waals surface area (Å²) < 4.78 is 5.16. The van der Waals surface area contributed by atoms with Gasteiger partial charge in [-0.2, -0.15) is 0 Å². The largest absolute Gasteiger partial charge is 0.361 e. The zero-order valence-electron chi connectivity index (χ0n) is 16.7. The van der Waals surface area contributed by atoms with Gasteiger partial charge in [-0.15, -0.1) is 0 Å². The number of nitrogens with zero attached hydrogens (tertiary/aromatic N) is 4. The number of carbonyl (C=O) groups excluding carboxylic acids is 1. The van der Waals surface area contributed by atoms with Crippen LogP contribution in [-0.4, -0.2) is 60.7 Å². The van der Waals surface area contributed by atoms with E-state index in [0.29, 0.717) is 18.2 Å². The first kappa shape index (κ1) is 19.4. The van der Waals surface area contributed by atoms with Crippen LogP contribution in [0.1, 0.15) is 40.2 Å². The number of carbonyl (C=O) groups is 1. The maximum absolute atomic E-state index is 12.3. The Hall–Kier alpha value is -2.41. The lowest BCUT2D eigenvalue weighted by Crippen LogP contribution is -2.31. The molecule has 1 aliphatic rings. The molecule has 1 atom stereocenters. The number of nitrogens with one attached hydrogen (secondary N) is 1. The van der Waals surface area contributed by atoms with Crippen LogP contribution in [0.5, 0.6) is 0 Å². The number of pyridine rings is 1. The lowest BCUT2D eigenvalue weighted by molar-refractivity contribution is 0.0953. The van der Waals surface area contributed by atoms with Crippen LogP contribution in [0, 0.1) is 13.8 Å². The number of hydrogen-bond donors (Lipinski definition) is 1. The average molecular weight is 371 g/mol. The topological polar surface area (TPSA) is 74.5 Å². The van der Waals surface area contributed by atoms with Gasteiger partial charge in [0.1, 0.15) is 11.6 Å². The smallest absolute Gasteiger partial charge is 0.252 e. The first-order valence-electron chi connectivity index (χ1n) is 9.53. The van der Waals surface area contributed by atoms with Gasteiger partial charge in [-0.3, -0.25) is 4.79 Å². The van der Waals surface area contributed by atoms with Crippen molar-refractivity contribution in [2.45, 2.75) is 39.2 Å². The van der Waals surface area contributed by atoms with Gasteiger partial charge in [0, 0.05) is 37.4 Å². The number of aromatic nitrogens is 2. The molecule has 0 aromatic carbocycles. The van der Waals surface area contributed by atoms with Gasteiger partial charge < -0.3 is 19.6 Å². The Morgan fingerprint density at radius 1 is 1.37 bits per heavy atom. The molecule has 0 spiro atoms. The quantitative estimate of drug-likeness (QED) is 0.752. The third-order valence-corrected chi connectivity index (χ3v) is 5.30. The molecule has 7 nitrogen and oxygen atoms in total. The molecular weight excluding hydrogens is 342 g/mol. The lowest BCUT2D eigenvalue weighted by Gasteiger charge is -2.21. The van der Waals surface area contributed by atoms with E-state index >= 15 is 0 Å². The molecule has 27 heavy (non-hydrogen) atoms. The second-order valence-corrected chi connectivity index (χ2v) is 7.42. The van der Waals surface area contributed by atoms with E-state index < -0.39 is 0 Å². The first-order chi connectivity index (χ1) is 13.0. The van der Waals surface area contributed by atoms with Crippen LogP contribution in [0.15, 0.2) is 22.9 Å². The molecule has 1 fully saturated rings. The zero-order chi connectivity index (χ0) is 19.4. The molecule has 1 N–H and O–H groups in total. The molecular formula is C20H29N5O2. The fourth-order valence-electron chi connectivity index (χ4n) is 3.51. The van der Waals surface area contributed by atoms with Crippen LogP contribution in [0.25, 0.3) is 0 Å². The highest BCUT2D eigenvalue weighted by Crippen LogP contribution is 2.20. The summed E-state index contributed by atoms with van der Waals surface area (Å²) >= 11 is 0. The highest BCUT2D eigenvalue weighted by atomic mass is 16.5. The van der Waals surface area contributed by atoms with Gasteiger partial charge in [-0.05, 0) is 59.3 Å². The maximum Gasteiger partial charge on any atom is 0.252 e. The van der Waals surface area contributed by atoms with Crippen molar-refractivity contribution in [1.29, 1.82) is 0 Å². The van der Waals surface area contributed by atoms with E-state index in [4.69, 9.17) is 4.52 Å². The number of rotatable bonds is 7. The van der Waals surface area contributed by atoms with Gasteiger partial charge in [-0.25, -0.2) is 4.98 Å². The van der Waals surface area contributed by atoms with Crippen LogP contribution < -0.4 is 10.2 Å². The standard InChI is InChI=1S/C20H29N5O2/c1-14-18(15(2)27-23-14)6-5-10-21-20(26)16-7-8-19(22-12-16)25-11-9-17(13-25)24(3)4/h7-8,12,17H,5-6,9-11,13H2,1-4H3,(H,21,26)/t17-/m1/s1. The second-order valence-electron chi connectivity index (χ2n) is 7.42. The second kappa shape index (κ2) is 8.52. The fraction of sp³-hybridized carbons (Fsp3) is 0.550. The highest BCUT2D eigenvalue weighted by molar-refractivity contribution is 5.94. The lowest BCUT2D eigenvalue weighted by atomic mass is 10.1. The van der Waals surface area contributed by atoms with Crippen molar-refractivity contribution in [2.24, 2.45) is 0 Å². The van der Waals surface area contributed by atoms with Crippen LogP contribution in [0.3, 0.4) is 0 Å². The SMILES string of the molecule is Cc1noc(C)c1CCCNC(=O)c1ccc(N2CC[C@@H](N(C)C)C2)nc1. The number of likely N-dealkylation sites (N-methyl/N-ethyl adjacent to an activating group) is 1. The molecule has 7 heteroatoms. The predicted octanol–water partition coefficient (Wildman–Crippen LogP) is 2.19. The Morgan fingerprint density at radius 3 is 2.78 bits per heavy atom. The van der Waals surface area contributed by atoms with Gasteiger partial charge in [0.15, 0.2) is 0 Å². The van der Waals surface area contributed by atoms with E-state index in [2.05, 4.69) is 39.4 Å². The van der Waals surface area contributed by atoms with E-state index in [1.54, 1.807) is 6.20 Å². The molecule has 146 valence electrons.